The fourth-order valence-electron chi connectivity index (χ4n) is 2.84. The van der Waals surface area contributed by atoms with E-state index >= 15 is 0 Å². The van der Waals surface area contributed by atoms with Gasteiger partial charge in [0.15, 0.2) is 0 Å². The highest BCUT2D eigenvalue weighted by atomic mass is 35.5. The maximum absolute atomic E-state index is 12.7. The largest absolute Gasteiger partial charge is 0.317 e. The molecule has 27 heavy (non-hydrogen) atoms. The average molecular weight is 427 g/mol. The molecule has 142 valence electrons. The van der Waals surface area contributed by atoms with Crippen molar-refractivity contribution in [2.75, 3.05) is 5.32 Å². The number of anilines is 1. The van der Waals surface area contributed by atoms with Crippen LogP contribution in [0.4, 0.5) is 5.69 Å². The number of nitrogens with zero attached hydrogens (tertiary/aromatic N) is 4. The van der Waals surface area contributed by atoms with Crippen LogP contribution in [0.25, 0.3) is 0 Å². The molecule has 0 saturated carbocycles. The molecule has 0 radical (unpaired) electrons. The standard InChI is InChI=1S/C18H18Cl3N5O/c1-4-25-17(15(21)8-22-25)18(27)23-16-10(2)24-26(11(16)3)9-12-5-6-13(19)7-14(12)20/h5-8H,4,9H2,1-3H3,(H,23,27). The van der Waals surface area contributed by atoms with Gasteiger partial charge in [0.25, 0.3) is 5.91 Å². The van der Waals surface area contributed by atoms with Gasteiger partial charge < -0.3 is 5.32 Å². The fourth-order valence-corrected chi connectivity index (χ4v) is 3.54. The van der Waals surface area contributed by atoms with E-state index in [2.05, 4.69) is 15.5 Å². The predicted molar refractivity (Wildman–Crippen MR) is 108 cm³/mol. The van der Waals surface area contributed by atoms with Crippen LogP contribution in [0, 0.1) is 13.8 Å². The second-order valence-corrected chi connectivity index (χ2v) is 7.30. The summed E-state index contributed by atoms with van der Waals surface area (Å²) < 4.78 is 3.35. The van der Waals surface area contributed by atoms with Gasteiger partial charge in [-0.3, -0.25) is 14.2 Å². The monoisotopic (exact) mass is 425 g/mol. The third-order valence-electron chi connectivity index (χ3n) is 4.26. The first-order valence-electron chi connectivity index (χ1n) is 8.32. The Kier molecular flexibility index (Phi) is 5.79. The molecule has 9 heteroatoms. The van der Waals surface area contributed by atoms with Gasteiger partial charge in [-0.15, -0.1) is 0 Å². The summed E-state index contributed by atoms with van der Waals surface area (Å²) in [4.78, 5) is 12.7. The van der Waals surface area contributed by atoms with Crippen molar-refractivity contribution < 1.29 is 4.79 Å². The number of nitrogens with one attached hydrogen (secondary N) is 1. The summed E-state index contributed by atoms with van der Waals surface area (Å²) in [5.74, 6) is -0.324. The number of carbonyl (C=O) groups excluding carboxylic acids is 1. The summed E-state index contributed by atoms with van der Waals surface area (Å²) in [7, 11) is 0. The number of rotatable bonds is 5. The van der Waals surface area contributed by atoms with Gasteiger partial charge in [-0.05, 0) is 38.5 Å². The Morgan fingerprint density at radius 3 is 2.56 bits per heavy atom. The third-order valence-corrected chi connectivity index (χ3v) is 5.13. The Balaban J connectivity index is 1.87. The van der Waals surface area contributed by atoms with Crippen molar-refractivity contribution in [3.8, 4) is 0 Å². The Hall–Kier alpha value is -2.02. The Morgan fingerprint density at radius 1 is 1.15 bits per heavy atom. The number of aryl methyl sites for hydroxylation is 2. The van der Waals surface area contributed by atoms with Crippen molar-refractivity contribution in [3.63, 3.8) is 0 Å². The Labute approximate surface area is 172 Å². The number of hydrogen-bond donors (Lipinski definition) is 1. The van der Waals surface area contributed by atoms with Gasteiger partial charge in [0.2, 0.25) is 0 Å². The molecule has 0 aliphatic heterocycles. The molecule has 3 aromatic rings. The lowest BCUT2D eigenvalue weighted by molar-refractivity contribution is 0.101. The highest BCUT2D eigenvalue weighted by Crippen LogP contribution is 2.26. The Bertz CT molecular complexity index is 1010. The maximum atomic E-state index is 12.7. The van der Waals surface area contributed by atoms with Crippen molar-refractivity contribution in [2.24, 2.45) is 0 Å². The number of benzene rings is 1. The number of carbonyl (C=O) groups is 1. The van der Waals surface area contributed by atoms with Crippen LogP contribution in [-0.2, 0) is 13.1 Å². The molecule has 0 saturated heterocycles. The van der Waals surface area contributed by atoms with Gasteiger partial charge in [0, 0.05) is 16.6 Å². The van der Waals surface area contributed by atoms with E-state index in [0.717, 1.165) is 11.3 Å². The highest BCUT2D eigenvalue weighted by molar-refractivity contribution is 6.35. The minimum atomic E-state index is -0.324. The van der Waals surface area contributed by atoms with Gasteiger partial charge in [0.05, 0.1) is 34.8 Å². The lowest BCUT2D eigenvalue weighted by Gasteiger charge is -2.09. The zero-order valence-corrected chi connectivity index (χ0v) is 17.3. The molecular weight excluding hydrogens is 409 g/mol. The number of halogens is 3. The summed E-state index contributed by atoms with van der Waals surface area (Å²) >= 11 is 18.3. The van der Waals surface area contributed by atoms with E-state index in [-0.39, 0.29) is 5.91 Å². The number of amides is 1. The molecule has 6 nitrogen and oxygen atoms in total. The van der Waals surface area contributed by atoms with Gasteiger partial charge in [-0.25, -0.2) is 0 Å². The third kappa shape index (κ3) is 3.98. The minimum absolute atomic E-state index is 0.310. The molecule has 0 atom stereocenters. The van der Waals surface area contributed by atoms with E-state index in [4.69, 9.17) is 34.8 Å². The van der Waals surface area contributed by atoms with Crippen LogP contribution in [0.5, 0.6) is 0 Å². The van der Waals surface area contributed by atoms with Crippen LogP contribution >= 0.6 is 34.8 Å². The van der Waals surface area contributed by atoms with Crippen LogP contribution in [0.15, 0.2) is 24.4 Å². The molecule has 1 amide bonds. The molecule has 0 aliphatic rings. The van der Waals surface area contributed by atoms with Crippen molar-refractivity contribution in [1.29, 1.82) is 0 Å². The summed E-state index contributed by atoms with van der Waals surface area (Å²) in [5.41, 5.74) is 3.36. The molecule has 3 rings (SSSR count). The molecule has 2 heterocycles. The van der Waals surface area contributed by atoms with Crippen molar-refractivity contribution >= 4 is 46.4 Å². The highest BCUT2D eigenvalue weighted by Gasteiger charge is 2.21. The van der Waals surface area contributed by atoms with E-state index < -0.39 is 0 Å². The SMILES string of the molecule is CCn1ncc(Cl)c1C(=O)Nc1c(C)nn(Cc2ccc(Cl)cc2Cl)c1C. The van der Waals surface area contributed by atoms with E-state index in [9.17, 15) is 4.79 Å². The summed E-state index contributed by atoms with van der Waals surface area (Å²) in [6, 6.07) is 5.34. The van der Waals surface area contributed by atoms with Gasteiger partial charge >= 0.3 is 0 Å². The van der Waals surface area contributed by atoms with Crippen LogP contribution < -0.4 is 5.32 Å². The molecule has 1 aromatic carbocycles. The quantitative estimate of drug-likeness (QED) is 0.626. The summed E-state index contributed by atoms with van der Waals surface area (Å²) in [5, 5.41) is 13.0. The van der Waals surface area contributed by atoms with Crippen LogP contribution in [-0.4, -0.2) is 25.5 Å². The molecule has 1 N–H and O–H groups in total. The second kappa shape index (κ2) is 7.92. The molecule has 0 unspecified atom stereocenters. The molecule has 0 fully saturated rings. The van der Waals surface area contributed by atoms with E-state index in [1.807, 2.05) is 26.8 Å². The number of aromatic nitrogens is 4. The van der Waals surface area contributed by atoms with Gasteiger partial charge in [-0.1, -0.05) is 40.9 Å². The lowest BCUT2D eigenvalue weighted by Crippen LogP contribution is -2.18. The molecule has 0 bridgehead atoms. The molecule has 2 aromatic heterocycles. The normalized spacial score (nSPS) is 11.0. The topological polar surface area (TPSA) is 64.7 Å². The first kappa shape index (κ1) is 19.7. The molecular formula is C18H18Cl3N5O. The molecule has 0 aliphatic carbocycles. The second-order valence-electron chi connectivity index (χ2n) is 6.05. The van der Waals surface area contributed by atoms with Crippen LogP contribution in [0.3, 0.4) is 0 Å². The maximum Gasteiger partial charge on any atom is 0.275 e. The van der Waals surface area contributed by atoms with E-state index in [1.54, 1.807) is 21.5 Å². The van der Waals surface area contributed by atoms with Crippen molar-refractivity contribution in [3.05, 3.63) is 62.1 Å². The zero-order chi connectivity index (χ0) is 19.7. The van der Waals surface area contributed by atoms with E-state index in [0.29, 0.717) is 45.2 Å². The smallest absolute Gasteiger partial charge is 0.275 e. The van der Waals surface area contributed by atoms with E-state index in [1.165, 1.54) is 6.20 Å². The summed E-state index contributed by atoms with van der Waals surface area (Å²) in [6.07, 6.45) is 1.46. The van der Waals surface area contributed by atoms with Crippen molar-refractivity contribution in [2.45, 2.75) is 33.9 Å². The predicted octanol–water partition coefficient (Wildman–Crippen LogP) is 4.98. The lowest BCUT2D eigenvalue weighted by atomic mass is 10.2. The first-order chi connectivity index (χ1) is 12.8. The Morgan fingerprint density at radius 2 is 1.89 bits per heavy atom. The zero-order valence-electron chi connectivity index (χ0n) is 15.1. The molecule has 0 spiro atoms. The van der Waals surface area contributed by atoms with Gasteiger partial charge in [-0.2, -0.15) is 10.2 Å². The van der Waals surface area contributed by atoms with Crippen LogP contribution in [0.2, 0.25) is 15.1 Å². The minimum Gasteiger partial charge on any atom is -0.317 e. The van der Waals surface area contributed by atoms with Crippen molar-refractivity contribution in [1.82, 2.24) is 19.6 Å². The first-order valence-corrected chi connectivity index (χ1v) is 9.45. The van der Waals surface area contributed by atoms with Gasteiger partial charge in [0.1, 0.15) is 5.69 Å². The summed E-state index contributed by atoms with van der Waals surface area (Å²) in [6.45, 7) is 6.62. The number of hydrogen-bond acceptors (Lipinski definition) is 3. The van der Waals surface area contributed by atoms with Crippen LogP contribution in [0.1, 0.15) is 34.4 Å². The fraction of sp³-hybridized carbons (Fsp3) is 0.278. The average Bonchev–Trinajstić information content (AvgIpc) is 3.12.